The topological polar surface area (TPSA) is 47.9 Å². The van der Waals surface area contributed by atoms with Gasteiger partial charge in [-0.1, -0.05) is 24.3 Å². The molecule has 0 aliphatic carbocycles. The van der Waals surface area contributed by atoms with Crippen LogP contribution in [0.15, 0.2) is 59.6 Å². The van der Waals surface area contributed by atoms with E-state index in [1.54, 1.807) is 31.4 Å². The van der Waals surface area contributed by atoms with Gasteiger partial charge in [0.05, 0.1) is 25.0 Å². The van der Waals surface area contributed by atoms with Crippen LogP contribution >= 0.6 is 0 Å². The molecule has 0 radical (unpaired) electrons. The van der Waals surface area contributed by atoms with Gasteiger partial charge < -0.3 is 9.47 Å². The second kappa shape index (κ2) is 8.62. The molecule has 0 atom stereocenters. The molecule has 0 N–H and O–H groups in total. The summed E-state index contributed by atoms with van der Waals surface area (Å²) in [6.07, 6.45) is 3.35. The highest BCUT2D eigenvalue weighted by Crippen LogP contribution is 2.13. The Kier molecular flexibility index (Phi) is 6.18. The fraction of sp³-hybridized carbons (Fsp3) is 0.222. The molecule has 0 spiro atoms. The normalized spacial score (nSPS) is 10.6. The van der Waals surface area contributed by atoms with Crippen molar-refractivity contribution in [2.45, 2.75) is 12.8 Å². The maximum atomic E-state index is 11.9. The maximum absolute atomic E-state index is 11.9. The van der Waals surface area contributed by atoms with Gasteiger partial charge in [0.1, 0.15) is 5.75 Å². The van der Waals surface area contributed by atoms with Crippen LogP contribution in [-0.4, -0.2) is 25.9 Å². The number of rotatable bonds is 7. The third-order valence-corrected chi connectivity index (χ3v) is 3.01. The third-order valence-electron chi connectivity index (χ3n) is 3.01. The van der Waals surface area contributed by atoms with Gasteiger partial charge >= 0.3 is 5.97 Å². The van der Waals surface area contributed by atoms with Crippen molar-refractivity contribution in [1.82, 2.24) is 0 Å². The maximum Gasteiger partial charge on any atom is 0.338 e. The molecule has 0 fully saturated rings. The molecular formula is C18H19NO3. The second-order valence-electron chi connectivity index (χ2n) is 4.66. The number of hydrogen-bond acceptors (Lipinski definition) is 4. The SMILES string of the molecule is COc1cccc(C(=O)OCCCC=Nc2ccccc2)c1. The molecule has 0 saturated heterocycles. The molecule has 0 heterocycles. The summed E-state index contributed by atoms with van der Waals surface area (Å²) >= 11 is 0. The number of aliphatic imine (C=N–C) groups is 1. The lowest BCUT2D eigenvalue weighted by molar-refractivity contribution is 0.0502. The standard InChI is InChI=1S/C18H19NO3/c1-21-17-11-7-8-15(14-17)18(20)22-13-6-5-12-19-16-9-3-2-4-10-16/h2-4,7-12,14H,5-6,13H2,1H3. The van der Waals surface area contributed by atoms with Crippen LogP contribution in [0.2, 0.25) is 0 Å². The van der Waals surface area contributed by atoms with Crippen molar-refractivity contribution >= 4 is 17.9 Å². The van der Waals surface area contributed by atoms with Gasteiger partial charge in [0, 0.05) is 6.21 Å². The molecule has 4 heteroatoms. The van der Waals surface area contributed by atoms with E-state index in [1.165, 1.54) is 0 Å². The summed E-state index contributed by atoms with van der Waals surface area (Å²) in [5, 5.41) is 0. The summed E-state index contributed by atoms with van der Waals surface area (Å²) < 4.78 is 10.3. The van der Waals surface area contributed by atoms with Crippen LogP contribution in [0.25, 0.3) is 0 Å². The van der Waals surface area contributed by atoms with E-state index in [9.17, 15) is 4.79 Å². The van der Waals surface area contributed by atoms with Crippen molar-refractivity contribution in [3.05, 3.63) is 60.2 Å². The van der Waals surface area contributed by atoms with Crippen molar-refractivity contribution in [3.8, 4) is 5.75 Å². The summed E-state index contributed by atoms with van der Waals surface area (Å²) in [7, 11) is 1.57. The Morgan fingerprint density at radius 2 is 1.95 bits per heavy atom. The predicted molar refractivity (Wildman–Crippen MR) is 87.1 cm³/mol. The highest BCUT2D eigenvalue weighted by atomic mass is 16.5. The first kappa shape index (κ1) is 15.8. The zero-order chi connectivity index (χ0) is 15.6. The minimum absolute atomic E-state index is 0.334. The Bertz CT molecular complexity index is 623. The van der Waals surface area contributed by atoms with Gasteiger partial charge in [0.2, 0.25) is 0 Å². The molecule has 0 aliphatic rings. The van der Waals surface area contributed by atoms with Crippen molar-refractivity contribution in [2.75, 3.05) is 13.7 Å². The van der Waals surface area contributed by atoms with Gasteiger partial charge in [-0.3, -0.25) is 4.99 Å². The van der Waals surface area contributed by atoms with Crippen molar-refractivity contribution in [2.24, 2.45) is 4.99 Å². The average Bonchev–Trinajstić information content (AvgIpc) is 2.58. The Hall–Kier alpha value is -2.62. The average molecular weight is 297 g/mol. The summed E-state index contributed by atoms with van der Waals surface area (Å²) in [6, 6.07) is 16.7. The van der Waals surface area contributed by atoms with E-state index in [2.05, 4.69) is 4.99 Å². The lowest BCUT2D eigenvalue weighted by atomic mass is 10.2. The number of hydrogen-bond donors (Lipinski definition) is 0. The molecule has 2 rings (SSSR count). The monoisotopic (exact) mass is 297 g/mol. The lowest BCUT2D eigenvalue weighted by Gasteiger charge is -2.05. The molecule has 22 heavy (non-hydrogen) atoms. The fourth-order valence-corrected chi connectivity index (χ4v) is 1.86. The van der Waals surface area contributed by atoms with E-state index >= 15 is 0 Å². The smallest absolute Gasteiger partial charge is 0.338 e. The number of nitrogens with zero attached hydrogens (tertiary/aromatic N) is 1. The van der Waals surface area contributed by atoms with Crippen LogP contribution in [0.4, 0.5) is 5.69 Å². The van der Waals surface area contributed by atoms with Crippen LogP contribution < -0.4 is 4.74 Å². The van der Waals surface area contributed by atoms with Gasteiger partial charge in [-0.05, 0) is 43.2 Å². The van der Waals surface area contributed by atoms with E-state index in [1.807, 2.05) is 36.5 Å². The molecule has 0 aliphatic heterocycles. The number of esters is 1. The molecule has 4 nitrogen and oxygen atoms in total. The molecule has 2 aromatic carbocycles. The zero-order valence-corrected chi connectivity index (χ0v) is 12.6. The van der Waals surface area contributed by atoms with Gasteiger partial charge in [0.25, 0.3) is 0 Å². The number of carbonyl (C=O) groups is 1. The van der Waals surface area contributed by atoms with E-state index in [0.29, 0.717) is 17.9 Å². The first-order valence-electron chi connectivity index (χ1n) is 7.18. The number of unbranched alkanes of at least 4 members (excludes halogenated alkanes) is 1. The predicted octanol–water partition coefficient (Wildman–Crippen LogP) is 4.03. The van der Waals surface area contributed by atoms with E-state index in [4.69, 9.17) is 9.47 Å². The first-order chi connectivity index (χ1) is 10.8. The minimum atomic E-state index is -0.334. The van der Waals surface area contributed by atoms with Gasteiger partial charge in [-0.15, -0.1) is 0 Å². The van der Waals surface area contributed by atoms with Gasteiger partial charge in [-0.25, -0.2) is 4.79 Å². The molecule has 114 valence electrons. The highest BCUT2D eigenvalue weighted by molar-refractivity contribution is 5.89. The number of benzene rings is 2. The second-order valence-corrected chi connectivity index (χ2v) is 4.66. The Morgan fingerprint density at radius 1 is 1.14 bits per heavy atom. The summed E-state index contributed by atoms with van der Waals surface area (Å²) in [5.74, 6) is 0.309. The van der Waals surface area contributed by atoms with Crippen LogP contribution in [0.3, 0.4) is 0 Å². The third kappa shape index (κ3) is 5.05. The molecule has 0 amide bonds. The van der Waals surface area contributed by atoms with Crippen LogP contribution in [0.1, 0.15) is 23.2 Å². The van der Waals surface area contributed by atoms with Crippen LogP contribution in [-0.2, 0) is 4.74 Å². The van der Waals surface area contributed by atoms with E-state index < -0.39 is 0 Å². The van der Waals surface area contributed by atoms with E-state index in [-0.39, 0.29) is 5.97 Å². The van der Waals surface area contributed by atoms with Crippen LogP contribution in [0, 0.1) is 0 Å². The van der Waals surface area contributed by atoms with Gasteiger partial charge in [-0.2, -0.15) is 0 Å². The van der Waals surface area contributed by atoms with Crippen molar-refractivity contribution in [1.29, 1.82) is 0 Å². The quantitative estimate of drug-likeness (QED) is 0.440. The Morgan fingerprint density at radius 3 is 2.73 bits per heavy atom. The van der Waals surface area contributed by atoms with Crippen LogP contribution in [0.5, 0.6) is 5.75 Å². The molecule has 0 unspecified atom stereocenters. The van der Waals surface area contributed by atoms with Gasteiger partial charge in [0.15, 0.2) is 0 Å². The molecule has 0 saturated carbocycles. The number of ether oxygens (including phenoxy) is 2. The number of para-hydroxylation sites is 1. The number of carbonyl (C=O) groups excluding carboxylic acids is 1. The highest BCUT2D eigenvalue weighted by Gasteiger charge is 2.07. The Balaban J connectivity index is 1.70. The molecular weight excluding hydrogens is 278 g/mol. The molecule has 0 bridgehead atoms. The summed E-state index contributed by atoms with van der Waals surface area (Å²) in [4.78, 5) is 16.2. The number of methoxy groups -OCH3 is 1. The van der Waals surface area contributed by atoms with Crippen molar-refractivity contribution < 1.29 is 14.3 Å². The largest absolute Gasteiger partial charge is 0.497 e. The zero-order valence-electron chi connectivity index (χ0n) is 12.6. The van der Waals surface area contributed by atoms with Crippen molar-refractivity contribution in [3.63, 3.8) is 0 Å². The first-order valence-corrected chi connectivity index (χ1v) is 7.18. The Labute approximate surface area is 130 Å². The summed E-state index contributed by atoms with van der Waals surface area (Å²) in [5.41, 5.74) is 1.42. The lowest BCUT2D eigenvalue weighted by Crippen LogP contribution is -2.06. The summed E-state index contributed by atoms with van der Waals surface area (Å²) in [6.45, 7) is 0.372. The molecule has 0 aromatic heterocycles. The minimum Gasteiger partial charge on any atom is -0.497 e. The molecule has 2 aromatic rings. The van der Waals surface area contributed by atoms with E-state index in [0.717, 1.165) is 18.5 Å². The fourth-order valence-electron chi connectivity index (χ4n) is 1.86.